The molecule has 0 radical (unpaired) electrons. The van der Waals surface area contributed by atoms with E-state index >= 15 is 0 Å². The number of carbonyl (C=O) groups excluding carboxylic acids is 2. The second kappa shape index (κ2) is 10.3. The highest BCUT2D eigenvalue weighted by atomic mass is 32.2. The molecule has 1 aromatic heterocycles. The van der Waals surface area contributed by atoms with Gasteiger partial charge in [-0.1, -0.05) is 0 Å². The number of nitrogens with zero attached hydrogens (tertiary/aromatic N) is 4. The van der Waals surface area contributed by atoms with Crippen molar-refractivity contribution in [2.45, 2.75) is 46.1 Å². The Morgan fingerprint density at radius 2 is 1.73 bits per heavy atom. The van der Waals surface area contributed by atoms with Gasteiger partial charge in [0.25, 0.3) is 0 Å². The molecule has 0 atom stereocenters. The lowest BCUT2D eigenvalue weighted by atomic mass is 9.97. The maximum Gasteiger partial charge on any atom is 0.410 e. The van der Waals surface area contributed by atoms with Gasteiger partial charge in [0.05, 0.1) is 17.6 Å². The van der Waals surface area contributed by atoms with Crippen molar-refractivity contribution in [1.82, 2.24) is 14.2 Å². The van der Waals surface area contributed by atoms with E-state index in [1.54, 1.807) is 24.1 Å². The van der Waals surface area contributed by atoms with E-state index in [4.69, 9.17) is 4.74 Å². The first kappa shape index (κ1) is 25.2. The molecule has 0 aromatic carbocycles. The lowest BCUT2D eigenvalue weighted by molar-refractivity contribution is -0.120. The van der Waals surface area contributed by atoms with E-state index in [9.17, 15) is 18.0 Å². The van der Waals surface area contributed by atoms with Gasteiger partial charge < -0.3 is 19.9 Å². The molecule has 10 nitrogen and oxygen atoms in total. The van der Waals surface area contributed by atoms with Crippen LogP contribution in [0, 0.1) is 5.92 Å². The molecule has 2 aliphatic rings. The first-order valence-corrected chi connectivity index (χ1v) is 13.1. The predicted molar refractivity (Wildman–Crippen MR) is 127 cm³/mol. The number of aromatic nitrogens is 1. The fraction of sp³-hybridized carbons (Fsp3) is 0.682. The molecule has 3 rings (SSSR count). The van der Waals surface area contributed by atoms with Gasteiger partial charge in [0.1, 0.15) is 11.4 Å². The van der Waals surface area contributed by atoms with Gasteiger partial charge in [0, 0.05) is 45.2 Å². The summed E-state index contributed by atoms with van der Waals surface area (Å²) >= 11 is 0. The number of piperidine rings is 1. The molecule has 184 valence electrons. The SMILES string of the molecule is CCS(=O)(=O)N1CCC(C(=O)Nc2ccc(N3CCN(C(=O)OC(C)(C)C)CC3)cn2)CC1. The third-order valence-corrected chi connectivity index (χ3v) is 7.76. The fourth-order valence-electron chi connectivity index (χ4n) is 3.93. The van der Waals surface area contributed by atoms with Crippen molar-refractivity contribution >= 4 is 33.5 Å². The molecule has 0 bridgehead atoms. The predicted octanol–water partition coefficient (Wildman–Crippen LogP) is 2.14. The van der Waals surface area contributed by atoms with Crippen LogP contribution in [0.25, 0.3) is 0 Å². The van der Waals surface area contributed by atoms with Gasteiger partial charge in [0.15, 0.2) is 0 Å². The molecule has 3 heterocycles. The third-order valence-electron chi connectivity index (χ3n) is 5.88. The number of carbonyl (C=O) groups is 2. The summed E-state index contributed by atoms with van der Waals surface area (Å²) in [5, 5.41) is 2.85. The van der Waals surface area contributed by atoms with E-state index in [-0.39, 0.29) is 23.7 Å². The molecule has 1 N–H and O–H groups in total. The van der Waals surface area contributed by atoms with Crippen molar-refractivity contribution in [3.05, 3.63) is 18.3 Å². The topological polar surface area (TPSA) is 112 Å². The first-order chi connectivity index (χ1) is 15.5. The van der Waals surface area contributed by atoms with E-state index in [1.807, 2.05) is 26.8 Å². The normalized spacial score (nSPS) is 18.8. The summed E-state index contributed by atoms with van der Waals surface area (Å²) in [7, 11) is -3.21. The average molecular weight is 482 g/mol. The van der Waals surface area contributed by atoms with Crippen molar-refractivity contribution < 1.29 is 22.7 Å². The van der Waals surface area contributed by atoms with Crippen molar-refractivity contribution in [2.75, 3.05) is 55.2 Å². The molecule has 33 heavy (non-hydrogen) atoms. The Bertz CT molecular complexity index is 929. The van der Waals surface area contributed by atoms with Crippen LogP contribution in [0.15, 0.2) is 18.3 Å². The van der Waals surface area contributed by atoms with Gasteiger partial charge in [-0.25, -0.2) is 22.5 Å². The first-order valence-electron chi connectivity index (χ1n) is 11.5. The maximum atomic E-state index is 12.6. The van der Waals surface area contributed by atoms with Crippen LogP contribution in [-0.4, -0.2) is 85.2 Å². The Kier molecular flexibility index (Phi) is 7.84. The van der Waals surface area contributed by atoms with Crippen molar-refractivity contribution in [2.24, 2.45) is 5.92 Å². The highest BCUT2D eigenvalue weighted by Crippen LogP contribution is 2.23. The third kappa shape index (κ3) is 6.80. The molecule has 2 fully saturated rings. The van der Waals surface area contributed by atoms with Gasteiger partial charge in [-0.15, -0.1) is 0 Å². The number of ether oxygens (including phenoxy) is 1. The minimum Gasteiger partial charge on any atom is -0.444 e. The van der Waals surface area contributed by atoms with Gasteiger partial charge in [-0.3, -0.25) is 4.79 Å². The average Bonchev–Trinajstić information content (AvgIpc) is 2.78. The molecule has 2 saturated heterocycles. The Hall–Kier alpha value is -2.40. The van der Waals surface area contributed by atoms with Gasteiger partial charge >= 0.3 is 6.09 Å². The van der Waals surface area contributed by atoms with Crippen LogP contribution in [0.3, 0.4) is 0 Å². The summed E-state index contributed by atoms with van der Waals surface area (Å²) < 4.78 is 30.8. The Balaban J connectivity index is 1.47. The van der Waals surface area contributed by atoms with Crippen LogP contribution in [-0.2, 0) is 19.6 Å². The second-order valence-electron chi connectivity index (χ2n) is 9.42. The number of rotatable bonds is 5. The molecule has 2 amide bonds. The number of pyridine rings is 1. The molecular weight excluding hydrogens is 446 g/mol. The maximum absolute atomic E-state index is 12.6. The van der Waals surface area contributed by atoms with Crippen LogP contribution < -0.4 is 10.2 Å². The van der Waals surface area contributed by atoms with Gasteiger partial charge in [0.2, 0.25) is 15.9 Å². The van der Waals surface area contributed by atoms with Crippen LogP contribution >= 0.6 is 0 Å². The molecule has 1 aromatic rings. The molecule has 0 unspecified atom stereocenters. The number of hydrogen-bond acceptors (Lipinski definition) is 7. The quantitative estimate of drug-likeness (QED) is 0.686. The van der Waals surface area contributed by atoms with Crippen LogP contribution in [0.4, 0.5) is 16.3 Å². The number of sulfonamides is 1. The van der Waals surface area contributed by atoms with E-state index in [0.717, 1.165) is 5.69 Å². The zero-order chi connectivity index (χ0) is 24.2. The lowest BCUT2D eigenvalue weighted by Gasteiger charge is -2.36. The highest BCUT2D eigenvalue weighted by Gasteiger charge is 2.30. The van der Waals surface area contributed by atoms with E-state index in [1.165, 1.54) is 4.31 Å². The summed E-state index contributed by atoms with van der Waals surface area (Å²) in [5.74, 6) is 0.196. The number of hydrogen-bond donors (Lipinski definition) is 1. The number of piperazine rings is 1. The van der Waals surface area contributed by atoms with E-state index in [0.29, 0.717) is 57.9 Å². The Labute approximate surface area is 196 Å². The molecule has 11 heteroatoms. The standard InChI is InChI=1S/C22H35N5O5S/c1-5-33(30,31)27-10-8-17(9-11-27)20(28)24-19-7-6-18(16-23-19)25-12-14-26(15-13-25)21(29)32-22(2,3)4/h6-7,16-17H,5,8-15H2,1-4H3,(H,23,24,28). The number of anilines is 2. The summed E-state index contributed by atoms with van der Waals surface area (Å²) in [5.41, 5.74) is 0.415. The lowest BCUT2D eigenvalue weighted by Crippen LogP contribution is -2.50. The summed E-state index contributed by atoms with van der Waals surface area (Å²) in [4.78, 5) is 33.0. The number of nitrogens with one attached hydrogen (secondary N) is 1. The minimum atomic E-state index is -3.21. The summed E-state index contributed by atoms with van der Waals surface area (Å²) in [6, 6.07) is 3.67. The van der Waals surface area contributed by atoms with E-state index in [2.05, 4.69) is 15.2 Å². The zero-order valence-electron chi connectivity index (χ0n) is 19.9. The molecule has 0 saturated carbocycles. The van der Waals surface area contributed by atoms with Gasteiger partial charge in [-0.2, -0.15) is 0 Å². The van der Waals surface area contributed by atoms with Crippen molar-refractivity contribution in [3.63, 3.8) is 0 Å². The van der Waals surface area contributed by atoms with Crippen LogP contribution in [0.2, 0.25) is 0 Å². The molecular formula is C22H35N5O5S. The Morgan fingerprint density at radius 1 is 1.09 bits per heavy atom. The molecule has 0 aliphatic carbocycles. The summed E-state index contributed by atoms with van der Waals surface area (Å²) in [6.45, 7) is 10.4. The fourth-order valence-corrected chi connectivity index (χ4v) is 5.06. The second-order valence-corrected chi connectivity index (χ2v) is 11.7. The highest BCUT2D eigenvalue weighted by molar-refractivity contribution is 7.89. The van der Waals surface area contributed by atoms with Crippen LogP contribution in [0.1, 0.15) is 40.5 Å². The zero-order valence-corrected chi connectivity index (χ0v) is 20.7. The smallest absolute Gasteiger partial charge is 0.410 e. The van der Waals surface area contributed by atoms with Crippen LogP contribution in [0.5, 0.6) is 0 Å². The van der Waals surface area contributed by atoms with Gasteiger partial charge in [-0.05, 0) is 52.7 Å². The largest absolute Gasteiger partial charge is 0.444 e. The van der Waals surface area contributed by atoms with Crippen molar-refractivity contribution in [3.8, 4) is 0 Å². The molecule has 0 spiro atoms. The van der Waals surface area contributed by atoms with Crippen molar-refractivity contribution in [1.29, 1.82) is 0 Å². The Morgan fingerprint density at radius 3 is 2.24 bits per heavy atom. The minimum absolute atomic E-state index is 0.0795. The monoisotopic (exact) mass is 481 g/mol. The number of amides is 2. The summed E-state index contributed by atoms with van der Waals surface area (Å²) in [6.07, 6.45) is 2.43. The van der Waals surface area contributed by atoms with E-state index < -0.39 is 15.6 Å². The molecule has 2 aliphatic heterocycles.